The Morgan fingerprint density at radius 1 is 1.38 bits per heavy atom. The predicted octanol–water partition coefficient (Wildman–Crippen LogP) is 0.848. The molecule has 21 heavy (non-hydrogen) atoms. The first-order valence-corrected chi connectivity index (χ1v) is 7.83. The number of benzene rings is 1. The SMILES string of the molecule is Cc1cc(F)c(S(=O)(=O)N(CC(N)=O)CC(C)C)cc1N. The zero-order valence-corrected chi connectivity index (χ0v) is 13.1. The Kier molecular flexibility index (Phi) is 5.30. The molecule has 0 spiro atoms. The molecule has 0 saturated heterocycles. The van der Waals surface area contributed by atoms with Crippen LogP contribution in [0.3, 0.4) is 0 Å². The Morgan fingerprint density at radius 2 is 1.95 bits per heavy atom. The topological polar surface area (TPSA) is 106 Å². The molecule has 6 nitrogen and oxygen atoms in total. The number of primary amides is 1. The quantitative estimate of drug-likeness (QED) is 0.758. The third-order valence-corrected chi connectivity index (χ3v) is 4.67. The highest BCUT2D eigenvalue weighted by Gasteiger charge is 2.29. The second-order valence-electron chi connectivity index (χ2n) is 5.30. The maximum Gasteiger partial charge on any atom is 0.246 e. The summed E-state index contributed by atoms with van der Waals surface area (Å²) < 4.78 is 39.9. The highest BCUT2D eigenvalue weighted by Crippen LogP contribution is 2.25. The fraction of sp³-hybridized carbons (Fsp3) is 0.462. The largest absolute Gasteiger partial charge is 0.398 e. The van der Waals surface area contributed by atoms with Crippen molar-refractivity contribution < 1.29 is 17.6 Å². The number of carbonyl (C=O) groups excluding carboxylic acids is 1. The van der Waals surface area contributed by atoms with Crippen LogP contribution in [-0.4, -0.2) is 31.7 Å². The highest BCUT2D eigenvalue weighted by atomic mass is 32.2. The van der Waals surface area contributed by atoms with E-state index in [9.17, 15) is 17.6 Å². The minimum atomic E-state index is -4.18. The normalized spacial score (nSPS) is 12.1. The Labute approximate surface area is 124 Å². The van der Waals surface area contributed by atoms with Gasteiger partial charge in [-0.15, -0.1) is 0 Å². The molecule has 0 heterocycles. The number of halogens is 1. The van der Waals surface area contributed by atoms with Crippen LogP contribution in [0.1, 0.15) is 19.4 Å². The molecule has 0 unspecified atom stereocenters. The molecule has 1 aromatic carbocycles. The van der Waals surface area contributed by atoms with Crippen molar-refractivity contribution in [3.63, 3.8) is 0 Å². The summed E-state index contributed by atoms with van der Waals surface area (Å²) in [7, 11) is -4.18. The van der Waals surface area contributed by atoms with Gasteiger partial charge in [0.2, 0.25) is 15.9 Å². The molecule has 0 atom stereocenters. The average Bonchev–Trinajstić information content (AvgIpc) is 2.31. The van der Waals surface area contributed by atoms with Gasteiger partial charge in [0, 0.05) is 12.2 Å². The Bertz CT molecular complexity index is 644. The molecule has 0 aromatic heterocycles. The molecule has 0 saturated carbocycles. The third kappa shape index (κ3) is 4.15. The summed E-state index contributed by atoms with van der Waals surface area (Å²) in [5.41, 5.74) is 11.3. The zero-order chi connectivity index (χ0) is 16.4. The minimum absolute atomic E-state index is 0.0509. The van der Waals surface area contributed by atoms with E-state index in [0.717, 1.165) is 16.4 Å². The smallest absolute Gasteiger partial charge is 0.246 e. The van der Waals surface area contributed by atoms with Crippen molar-refractivity contribution in [2.45, 2.75) is 25.7 Å². The first kappa shape index (κ1) is 17.4. The van der Waals surface area contributed by atoms with Crippen LogP contribution in [0.4, 0.5) is 10.1 Å². The van der Waals surface area contributed by atoms with Crippen LogP contribution < -0.4 is 11.5 Å². The lowest BCUT2D eigenvalue weighted by Crippen LogP contribution is -2.40. The first-order valence-electron chi connectivity index (χ1n) is 6.39. The van der Waals surface area contributed by atoms with E-state index >= 15 is 0 Å². The molecule has 0 aliphatic heterocycles. The van der Waals surface area contributed by atoms with E-state index in [2.05, 4.69) is 0 Å². The highest BCUT2D eigenvalue weighted by molar-refractivity contribution is 7.89. The summed E-state index contributed by atoms with van der Waals surface area (Å²) in [6.07, 6.45) is 0. The number of aryl methyl sites for hydroxylation is 1. The van der Waals surface area contributed by atoms with Crippen LogP contribution in [0.15, 0.2) is 17.0 Å². The number of nitrogens with two attached hydrogens (primary N) is 2. The second-order valence-corrected chi connectivity index (χ2v) is 7.20. The molecular formula is C13H20FN3O3S. The number of hydrogen-bond donors (Lipinski definition) is 2. The molecule has 8 heteroatoms. The van der Waals surface area contributed by atoms with Crippen molar-refractivity contribution in [3.8, 4) is 0 Å². The van der Waals surface area contributed by atoms with Crippen LogP contribution >= 0.6 is 0 Å². The lowest BCUT2D eigenvalue weighted by atomic mass is 10.2. The van der Waals surface area contributed by atoms with E-state index in [1.165, 1.54) is 0 Å². The lowest BCUT2D eigenvalue weighted by molar-refractivity contribution is -0.118. The maximum atomic E-state index is 14.0. The summed E-state index contributed by atoms with van der Waals surface area (Å²) in [4.78, 5) is 10.5. The number of rotatable bonds is 6. The van der Waals surface area contributed by atoms with E-state index in [-0.39, 0.29) is 18.2 Å². The minimum Gasteiger partial charge on any atom is -0.398 e. The number of carbonyl (C=O) groups is 1. The summed E-state index contributed by atoms with van der Waals surface area (Å²) in [6.45, 7) is 4.68. The third-order valence-electron chi connectivity index (χ3n) is 2.84. The lowest BCUT2D eigenvalue weighted by Gasteiger charge is -2.23. The van der Waals surface area contributed by atoms with Gasteiger partial charge in [0.25, 0.3) is 0 Å². The Balaban J connectivity index is 3.34. The van der Waals surface area contributed by atoms with E-state index in [4.69, 9.17) is 11.5 Å². The predicted molar refractivity (Wildman–Crippen MR) is 78.3 cm³/mol. The molecule has 0 radical (unpaired) electrons. The van der Waals surface area contributed by atoms with Crippen LogP contribution in [-0.2, 0) is 14.8 Å². The van der Waals surface area contributed by atoms with Gasteiger partial charge >= 0.3 is 0 Å². The van der Waals surface area contributed by atoms with Gasteiger partial charge in [-0.1, -0.05) is 13.8 Å². The van der Waals surface area contributed by atoms with Crippen molar-refractivity contribution in [1.29, 1.82) is 0 Å². The average molecular weight is 317 g/mol. The maximum absolute atomic E-state index is 14.0. The molecule has 0 bridgehead atoms. The fourth-order valence-corrected chi connectivity index (χ4v) is 3.49. The van der Waals surface area contributed by atoms with Crippen LogP contribution in [0.25, 0.3) is 0 Å². The van der Waals surface area contributed by atoms with Crippen molar-refractivity contribution in [3.05, 3.63) is 23.5 Å². The molecule has 1 rings (SSSR count). The number of nitrogen functional groups attached to an aromatic ring is 1. The van der Waals surface area contributed by atoms with E-state index in [1.807, 2.05) is 0 Å². The molecule has 4 N–H and O–H groups in total. The van der Waals surface area contributed by atoms with Crippen molar-refractivity contribution in [2.24, 2.45) is 11.7 Å². The van der Waals surface area contributed by atoms with Gasteiger partial charge in [-0.25, -0.2) is 12.8 Å². The van der Waals surface area contributed by atoms with Gasteiger partial charge in [0.05, 0.1) is 6.54 Å². The first-order chi connectivity index (χ1) is 9.55. The summed E-state index contributed by atoms with van der Waals surface area (Å²) >= 11 is 0. The van der Waals surface area contributed by atoms with Crippen LogP contribution in [0.5, 0.6) is 0 Å². The molecule has 0 aliphatic carbocycles. The van der Waals surface area contributed by atoms with Gasteiger partial charge in [-0.2, -0.15) is 4.31 Å². The summed E-state index contributed by atoms with van der Waals surface area (Å²) in [5, 5.41) is 0. The van der Waals surface area contributed by atoms with Gasteiger partial charge in [0.1, 0.15) is 10.7 Å². The monoisotopic (exact) mass is 317 g/mol. The van der Waals surface area contributed by atoms with Gasteiger partial charge in [0.15, 0.2) is 0 Å². The van der Waals surface area contributed by atoms with Gasteiger partial charge < -0.3 is 11.5 Å². The van der Waals surface area contributed by atoms with Crippen molar-refractivity contribution in [1.82, 2.24) is 4.31 Å². The standard InChI is InChI=1S/C13H20FN3O3S/c1-8(2)6-17(7-13(16)18)21(19,20)12-5-11(15)9(3)4-10(12)14/h4-5,8H,6-7,15H2,1-3H3,(H2,16,18). The van der Waals surface area contributed by atoms with Crippen molar-refractivity contribution >= 4 is 21.6 Å². The number of nitrogens with zero attached hydrogens (tertiary/aromatic N) is 1. The van der Waals surface area contributed by atoms with E-state index in [0.29, 0.717) is 5.56 Å². The summed E-state index contributed by atoms with van der Waals surface area (Å²) in [5.74, 6) is -1.76. The fourth-order valence-electron chi connectivity index (χ4n) is 1.83. The summed E-state index contributed by atoms with van der Waals surface area (Å²) in [6, 6.07) is 2.12. The van der Waals surface area contributed by atoms with Gasteiger partial charge in [-0.3, -0.25) is 4.79 Å². The number of hydrogen-bond acceptors (Lipinski definition) is 4. The molecule has 1 amide bonds. The zero-order valence-electron chi connectivity index (χ0n) is 12.3. The number of amides is 1. The second kappa shape index (κ2) is 6.40. The Hall–Kier alpha value is -1.67. The molecule has 0 fully saturated rings. The molecular weight excluding hydrogens is 297 g/mol. The molecule has 0 aliphatic rings. The van der Waals surface area contributed by atoms with Crippen LogP contribution in [0, 0.1) is 18.7 Å². The van der Waals surface area contributed by atoms with Crippen LogP contribution in [0.2, 0.25) is 0 Å². The Morgan fingerprint density at radius 3 is 2.43 bits per heavy atom. The van der Waals surface area contributed by atoms with E-state index in [1.54, 1.807) is 20.8 Å². The molecule has 1 aromatic rings. The van der Waals surface area contributed by atoms with Crippen molar-refractivity contribution in [2.75, 3.05) is 18.8 Å². The molecule has 118 valence electrons. The van der Waals surface area contributed by atoms with E-state index < -0.39 is 33.2 Å². The van der Waals surface area contributed by atoms with Gasteiger partial charge in [-0.05, 0) is 30.5 Å². The number of sulfonamides is 1. The number of anilines is 1.